The van der Waals surface area contributed by atoms with Gasteiger partial charge in [0.1, 0.15) is 33.4 Å². The Morgan fingerprint density at radius 3 is 2.28 bits per heavy atom. The highest BCUT2D eigenvalue weighted by Crippen LogP contribution is 2.35. The van der Waals surface area contributed by atoms with E-state index in [-0.39, 0.29) is 11.0 Å². The van der Waals surface area contributed by atoms with Crippen LogP contribution in [0.4, 0.5) is 5.82 Å². The van der Waals surface area contributed by atoms with Crippen LogP contribution in [0.25, 0.3) is 0 Å². The van der Waals surface area contributed by atoms with Crippen LogP contribution in [-0.4, -0.2) is 62.6 Å². The Kier molecular flexibility index (Phi) is 8.17. The van der Waals surface area contributed by atoms with Crippen LogP contribution in [0.15, 0.2) is 59.8 Å². The van der Waals surface area contributed by atoms with Gasteiger partial charge in [0, 0.05) is 52.3 Å². The summed E-state index contributed by atoms with van der Waals surface area (Å²) in [6, 6.07) is 12.2. The number of hydrogen-bond acceptors (Lipinski definition) is 8. The minimum absolute atomic E-state index is 0.0214. The summed E-state index contributed by atoms with van der Waals surface area (Å²) >= 11 is 5.85. The molecular formula is C25H29ClN4O5S. The first-order valence-corrected chi connectivity index (χ1v) is 13.4. The Morgan fingerprint density at radius 1 is 1.00 bits per heavy atom. The second-order valence-electron chi connectivity index (χ2n) is 8.41. The van der Waals surface area contributed by atoms with E-state index in [0.717, 1.165) is 22.9 Å². The Labute approximate surface area is 216 Å². The van der Waals surface area contributed by atoms with Crippen molar-refractivity contribution in [1.82, 2.24) is 14.3 Å². The summed E-state index contributed by atoms with van der Waals surface area (Å²) in [5.74, 6) is 2.89. The van der Waals surface area contributed by atoms with E-state index in [1.54, 1.807) is 42.6 Å². The first-order chi connectivity index (χ1) is 17.3. The second-order valence-corrected chi connectivity index (χ2v) is 10.9. The van der Waals surface area contributed by atoms with Gasteiger partial charge in [-0.25, -0.2) is 22.7 Å². The van der Waals surface area contributed by atoms with Crippen molar-refractivity contribution in [1.29, 1.82) is 0 Å². The van der Waals surface area contributed by atoms with Gasteiger partial charge in [-0.1, -0.05) is 11.6 Å². The molecule has 36 heavy (non-hydrogen) atoms. The van der Waals surface area contributed by atoms with Gasteiger partial charge in [0.25, 0.3) is 0 Å². The third-order valence-corrected chi connectivity index (χ3v) is 7.70. The van der Waals surface area contributed by atoms with Crippen LogP contribution in [0.5, 0.6) is 23.0 Å². The number of nitrogens with zero attached hydrogens (tertiary/aromatic N) is 4. The molecule has 0 saturated carbocycles. The molecule has 1 aromatic carbocycles. The maximum absolute atomic E-state index is 12.7. The number of halogens is 1. The Bertz CT molecular complexity index is 1260. The van der Waals surface area contributed by atoms with Crippen LogP contribution in [-0.2, 0) is 10.0 Å². The maximum atomic E-state index is 12.7. The summed E-state index contributed by atoms with van der Waals surface area (Å²) in [6.07, 6.45) is 4.52. The molecule has 0 N–H and O–H groups in total. The van der Waals surface area contributed by atoms with Crippen molar-refractivity contribution in [2.75, 3.05) is 38.7 Å². The normalized spacial score (nSPS) is 14.6. The lowest BCUT2D eigenvalue weighted by Gasteiger charge is -2.33. The molecule has 1 aliphatic rings. The Hall–Kier alpha value is -3.08. The highest BCUT2D eigenvalue weighted by molar-refractivity contribution is 7.89. The van der Waals surface area contributed by atoms with E-state index < -0.39 is 10.0 Å². The van der Waals surface area contributed by atoms with Gasteiger partial charge in [0.2, 0.25) is 10.0 Å². The molecule has 0 aliphatic carbocycles. The van der Waals surface area contributed by atoms with E-state index in [2.05, 4.69) is 14.9 Å². The lowest BCUT2D eigenvalue weighted by Crippen LogP contribution is -2.39. The van der Waals surface area contributed by atoms with Crippen molar-refractivity contribution in [3.05, 3.63) is 60.0 Å². The number of benzene rings is 1. The molecule has 3 aromatic rings. The Morgan fingerprint density at radius 2 is 1.67 bits per heavy atom. The third kappa shape index (κ3) is 6.18. The molecule has 11 heteroatoms. The van der Waals surface area contributed by atoms with Crippen LogP contribution in [0, 0.1) is 0 Å². The summed E-state index contributed by atoms with van der Waals surface area (Å²) in [4.78, 5) is 10.7. The fourth-order valence-corrected chi connectivity index (χ4v) is 4.77. The molecule has 0 amide bonds. The van der Waals surface area contributed by atoms with E-state index in [1.807, 2.05) is 6.92 Å². The molecule has 192 valence electrons. The first-order valence-electron chi connectivity index (χ1n) is 11.6. The van der Waals surface area contributed by atoms with Gasteiger partial charge < -0.3 is 19.1 Å². The molecule has 0 radical (unpaired) electrons. The Balaban J connectivity index is 1.54. The van der Waals surface area contributed by atoms with Gasteiger partial charge >= 0.3 is 0 Å². The number of hydrogen-bond donors (Lipinski definition) is 0. The van der Waals surface area contributed by atoms with Crippen LogP contribution in [0.1, 0.15) is 19.8 Å². The SMILES string of the molecule is CCOc1ccc(Oc2cc(S(=O)(=O)N(C)C)cnc2N2CCC(Oc3ccc(Cl)nc3)CC2)cc1. The van der Waals surface area contributed by atoms with Crippen molar-refractivity contribution in [2.45, 2.75) is 30.8 Å². The summed E-state index contributed by atoms with van der Waals surface area (Å²) in [6.45, 7) is 3.81. The number of rotatable bonds is 9. The van der Waals surface area contributed by atoms with E-state index in [1.165, 1.54) is 26.4 Å². The summed E-state index contributed by atoms with van der Waals surface area (Å²) < 4.78 is 44.3. The number of piperidine rings is 1. The second kappa shape index (κ2) is 11.3. The fourth-order valence-electron chi connectivity index (χ4n) is 3.79. The minimum atomic E-state index is -3.68. The molecule has 2 aromatic heterocycles. The molecule has 0 spiro atoms. The van der Waals surface area contributed by atoms with Gasteiger partial charge in [-0.2, -0.15) is 0 Å². The number of sulfonamides is 1. The zero-order chi connectivity index (χ0) is 25.7. The first kappa shape index (κ1) is 26.0. The molecule has 9 nitrogen and oxygen atoms in total. The molecule has 0 bridgehead atoms. The number of anilines is 1. The average molecular weight is 533 g/mol. The zero-order valence-electron chi connectivity index (χ0n) is 20.4. The number of ether oxygens (including phenoxy) is 3. The lowest BCUT2D eigenvalue weighted by molar-refractivity contribution is 0.170. The molecule has 3 heterocycles. The lowest BCUT2D eigenvalue weighted by atomic mass is 10.1. The van der Waals surface area contributed by atoms with Gasteiger partial charge in [-0.15, -0.1) is 0 Å². The predicted molar refractivity (Wildman–Crippen MR) is 138 cm³/mol. The minimum Gasteiger partial charge on any atom is -0.494 e. The topological polar surface area (TPSA) is 94.1 Å². The molecule has 0 atom stereocenters. The molecular weight excluding hydrogens is 504 g/mol. The van der Waals surface area contributed by atoms with Gasteiger partial charge in [-0.05, 0) is 43.3 Å². The number of aromatic nitrogens is 2. The quantitative estimate of drug-likeness (QED) is 0.368. The van der Waals surface area contributed by atoms with Crippen molar-refractivity contribution in [3.8, 4) is 23.0 Å². The predicted octanol–water partition coefficient (Wildman–Crippen LogP) is 4.62. The molecule has 0 unspecified atom stereocenters. The summed E-state index contributed by atoms with van der Waals surface area (Å²) in [5, 5.41) is 0.419. The molecule has 4 rings (SSSR count). The van der Waals surface area contributed by atoms with Gasteiger partial charge in [0.05, 0.1) is 12.8 Å². The standard InChI is InChI=1S/C25H29ClN4O5S/c1-4-33-18-5-7-19(8-6-18)35-23-15-22(36(31,32)29(2)3)17-28-25(23)30-13-11-20(12-14-30)34-21-9-10-24(26)27-16-21/h5-10,15-17,20H,4,11-14H2,1-3H3. The zero-order valence-corrected chi connectivity index (χ0v) is 22.0. The highest BCUT2D eigenvalue weighted by Gasteiger charge is 2.27. The van der Waals surface area contributed by atoms with Crippen molar-refractivity contribution in [3.63, 3.8) is 0 Å². The monoisotopic (exact) mass is 532 g/mol. The molecule has 1 fully saturated rings. The van der Waals surface area contributed by atoms with Crippen molar-refractivity contribution < 1.29 is 22.6 Å². The highest BCUT2D eigenvalue weighted by atomic mass is 35.5. The van der Waals surface area contributed by atoms with E-state index in [9.17, 15) is 8.42 Å². The van der Waals surface area contributed by atoms with Crippen LogP contribution in [0.3, 0.4) is 0 Å². The van der Waals surface area contributed by atoms with Crippen molar-refractivity contribution in [2.24, 2.45) is 0 Å². The van der Waals surface area contributed by atoms with Gasteiger partial charge in [0.15, 0.2) is 11.6 Å². The van der Waals surface area contributed by atoms with E-state index in [0.29, 0.717) is 47.9 Å². The summed E-state index contributed by atoms with van der Waals surface area (Å²) in [5.41, 5.74) is 0. The average Bonchev–Trinajstić information content (AvgIpc) is 2.87. The van der Waals surface area contributed by atoms with Crippen LogP contribution >= 0.6 is 11.6 Å². The van der Waals surface area contributed by atoms with Crippen LogP contribution in [0.2, 0.25) is 5.15 Å². The fraction of sp³-hybridized carbons (Fsp3) is 0.360. The maximum Gasteiger partial charge on any atom is 0.244 e. The number of pyridine rings is 2. The smallest absolute Gasteiger partial charge is 0.244 e. The van der Waals surface area contributed by atoms with Crippen molar-refractivity contribution >= 4 is 27.4 Å². The van der Waals surface area contributed by atoms with Gasteiger partial charge in [-0.3, -0.25) is 0 Å². The molecule has 1 saturated heterocycles. The third-order valence-electron chi connectivity index (χ3n) is 5.69. The summed E-state index contributed by atoms with van der Waals surface area (Å²) in [7, 11) is -0.716. The largest absolute Gasteiger partial charge is 0.494 e. The van der Waals surface area contributed by atoms with Crippen LogP contribution < -0.4 is 19.1 Å². The van der Waals surface area contributed by atoms with E-state index in [4.69, 9.17) is 25.8 Å². The van der Waals surface area contributed by atoms with E-state index >= 15 is 0 Å². The molecule has 1 aliphatic heterocycles.